The first-order valence-corrected chi connectivity index (χ1v) is 8.54. The summed E-state index contributed by atoms with van der Waals surface area (Å²) in [7, 11) is 0. The number of benzene rings is 1. The average Bonchev–Trinajstić information content (AvgIpc) is 2.92. The average molecular weight is 388 g/mol. The third-order valence-corrected chi connectivity index (χ3v) is 5.31. The van der Waals surface area contributed by atoms with Crippen molar-refractivity contribution in [1.82, 2.24) is 15.6 Å². The summed E-state index contributed by atoms with van der Waals surface area (Å²) in [5, 5.41) is 7.47. The van der Waals surface area contributed by atoms with Crippen LogP contribution < -0.4 is 10.6 Å². The standard InChI is InChI=1S/C17H21N3OS.2ClH/c1-11-14(9-6-10-18-11)20-16(21)15-12(2)19-17(22-15)13-7-4-3-5-8-13;;/h3-5,7-8,11,14,18H,6,9-10H2,1-2H3,(H,20,21);2*1H. The van der Waals surface area contributed by atoms with E-state index in [4.69, 9.17) is 0 Å². The fourth-order valence-electron chi connectivity index (χ4n) is 2.79. The highest BCUT2D eigenvalue weighted by atomic mass is 35.5. The highest BCUT2D eigenvalue weighted by Gasteiger charge is 2.24. The number of hydrogen-bond donors (Lipinski definition) is 2. The summed E-state index contributed by atoms with van der Waals surface area (Å²) in [6, 6.07) is 10.5. The lowest BCUT2D eigenvalue weighted by molar-refractivity contribution is 0.0923. The van der Waals surface area contributed by atoms with Gasteiger partial charge in [0.05, 0.1) is 5.69 Å². The third kappa shape index (κ3) is 4.70. The van der Waals surface area contributed by atoms with E-state index in [1.807, 2.05) is 37.3 Å². The van der Waals surface area contributed by atoms with E-state index in [9.17, 15) is 4.79 Å². The van der Waals surface area contributed by atoms with Crippen LogP contribution in [0.2, 0.25) is 0 Å². The van der Waals surface area contributed by atoms with E-state index in [1.54, 1.807) is 0 Å². The number of amides is 1. The van der Waals surface area contributed by atoms with Crippen molar-refractivity contribution in [3.63, 3.8) is 0 Å². The predicted octanol–water partition coefficient (Wildman–Crippen LogP) is 3.83. The van der Waals surface area contributed by atoms with Crippen LogP contribution >= 0.6 is 36.2 Å². The van der Waals surface area contributed by atoms with E-state index in [2.05, 4.69) is 22.5 Å². The second-order valence-corrected chi connectivity index (χ2v) is 6.76. The maximum Gasteiger partial charge on any atom is 0.263 e. The van der Waals surface area contributed by atoms with E-state index in [-0.39, 0.29) is 36.8 Å². The van der Waals surface area contributed by atoms with Crippen LogP contribution in [0.15, 0.2) is 30.3 Å². The number of carbonyl (C=O) groups is 1. The van der Waals surface area contributed by atoms with Gasteiger partial charge in [0.25, 0.3) is 5.91 Å². The Hall–Kier alpha value is -1.14. The molecule has 2 unspecified atom stereocenters. The topological polar surface area (TPSA) is 54.0 Å². The van der Waals surface area contributed by atoms with Crippen LogP contribution in [-0.4, -0.2) is 29.5 Å². The first-order chi connectivity index (χ1) is 10.6. The molecule has 2 heterocycles. The smallest absolute Gasteiger partial charge is 0.263 e. The van der Waals surface area contributed by atoms with Crippen LogP contribution in [0.3, 0.4) is 0 Å². The Morgan fingerprint density at radius 2 is 2.00 bits per heavy atom. The minimum atomic E-state index is -0.00210. The molecule has 0 aliphatic carbocycles. The molecule has 1 aromatic heterocycles. The molecule has 0 radical (unpaired) electrons. The van der Waals surface area contributed by atoms with Gasteiger partial charge in [-0.15, -0.1) is 36.2 Å². The number of halogens is 2. The summed E-state index contributed by atoms with van der Waals surface area (Å²) in [6.45, 7) is 5.06. The second kappa shape index (κ2) is 9.37. The maximum absolute atomic E-state index is 12.6. The fraction of sp³-hybridized carbons (Fsp3) is 0.412. The Balaban J connectivity index is 0.00000144. The molecule has 3 rings (SSSR count). The Morgan fingerprint density at radius 3 is 2.67 bits per heavy atom. The van der Waals surface area contributed by atoms with E-state index in [0.29, 0.717) is 6.04 Å². The molecule has 1 aromatic carbocycles. The zero-order chi connectivity index (χ0) is 15.5. The van der Waals surface area contributed by atoms with Crippen LogP contribution in [0.4, 0.5) is 0 Å². The van der Waals surface area contributed by atoms with Gasteiger partial charge in [-0.3, -0.25) is 4.79 Å². The number of aryl methyl sites for hydroxylation is 1. The number of nitrogens with one attached hydrogen (secondary N) is 2. The van der Waals surface area contributed by atoms with Gasteiger partial charge in [-0.05, 0) is 33.2 Å². The Morgan fingerprint density at radius 1 is 1.29 bits per heavy atom. The Labute approximate surface area is 159 Å². The van der Waals surface area contributed by atoms with Crippen LogP contribution in [-0.2, 0) is 0 Å². The summed E-state index contributed by atoms with van der Waals surface area (Å²) < 4.78 is 0. The third-order valence-electron chi connectivity index (χ3n) is 4.10. The lowest BCUT2D eigenvalue weighted by Gasteiger charge is -2.30. The number of thiazole rings is 1. The SMILES string of the molecule is Cc1nc(-c2ccccc2)sc1C(=O)NC1CCCNC1C.Cl.Cl. The zero-order valence-corrected chi connectivity index (χ0v) is 16.2. The molecule has 0 bridgehead atoms. The van der Waals surface area contributed by atoms with Crippen LogP contribution in [0.5, 0.6) is 0 Å². The van der Waals surface area contributed by atoms with Crippen molar-refractivity contribution in [2.24, 2.45) is 0 Å². The summed E-state index contributed by atoms with van der Waals surface area (Å²) in [4.78, 5) is 17.8. The van der Waals surface area contributed by atoms with Crippen molar-refractivity contribution in [2.75, 3.05) is 6.54 Å². The molecule has 2 N–H and O–H groups in total. The van der Waals surface area contributed by atoms with Gasteiger partial charge in [0.2, 0.25) is 0 Å². The number of rotatable bonds is 3. The van der Waals surface area contributed by atoms with Crippen molar-refractivity contribution in [2.45, 2.75) is 38.8 Å². The molecule has 7 heteroatoms. The monoisotopic (exact) mass is 387 g/mol. The molecule has 0 spiro atoms. The number of piperidine rings is 1. The normalized spacial score (nSPS) is 19.8. The van der Waals surface area contributed by atoms with Gasteiger partial charge in [0.1, 0.15) is 9.88 Å². The molecule has 1 saturated heterocycles. The fourth-order valence-corrected chi connectivity index (χ4v) is 3.76. The van der Waals surface area contributed by atoms with Gasteiger partial charge in [0.15, 0.2) is 0 Å². The van der Waals surface area contributed by atoms with Gasteiger partial charge in [0, 0.05) is 17.6 Å². The van der Waals surface area contributed by atoms with Crippen molar-refractivity contribution in [1.29, 1.82) is 0 Å². The summed E-state index contributed by atoms with van der Waals surface area (Å²) in [5.74, 6) is -0.00210. The summed E-state index contributed by atoms with van der Waals surface area (Å²) in [5.41, 5.74) is 1.86. The highest BCUT2D eigenvalue weighted by molar-refractivity contribution is 7.17. The van der Waals surface area contributed by atoms with E-state index < -0.39 is 0 Å². The molecule has 2 atom stereocenters. The highest BCUT2D eigenvalue weighted by Crippen LogP contribution is 2.27. The van der Waals surface area contributed by atoms with E-state index in [0.717, 1.165) is 40.5 Å². The number of nitrogens with zero attached hydrogens (tertiary/aromatic N) is 1. The van der Waals surface area contributed by atoms with Crippen molar-refractivity contribution in [3.8, 4) is 10.6 Å². The number of carbonyl (C=O) groups excluding carboxylic acids is 1. The van der Waals surface area contributed by atoms with Gasteiger partial charge in [-0.2, -0.15) is 0 Å². The quantitative estimate of drug-likeness (QED) is 0.840. The predicted molar refractivity (Wildman–Crippen MR) is 105 cm³/mol. The Kier molecular flexibility index (Phi) is 8.16. The minimum Gasteiger partial charge on any atom is -0.347 e. The largest absolute Gasteiger partial charge is 0.347 e. The van der Waals surface area contributed by atoms with Gasteiger partial charge >= 0.3 is 0 Å². The molecule has 1 fully saturated rings. The van der Waals surface area contributed by atoms with Crippen LogP contribution in [0, 0.1) is 6.92 Å². The molecular weight excluding hydrogens is 365 g/mol. The molecule has 0 saturated carbocycles. The molecule has 2 aromatic rings. The van der Waals surface area contributed by atoms with Crippen LogP contribution in [0.25, 0.3) is 10.6 Å². The molecule has 1 amide bonds. The number of aromatic nitrogens is 1. The van der Waals surface area contributed by atoms with Crippen molar-refractivity contribution >= 4 is 42.1 Å². The molecule has 4 nitrogen and oxygen atoms in total. The molecule has 24 heavy (non-hydrogen) atoms. The van der Waals surface area contributed by atoms with Crippen molar-refractivity contribution < 1.29 is 4.79 Å². The first-order valence-electron chi connectivity index (χ1n) is 7.72. The van der Waals surface area contributed by atoms with Gasteiger partial charge in [-0.25, -0.2) is 4.98 Å². The molecule has 1 aliphatic rings. The first kappa shape index (κ1) is 20.9. The summed E-state index contributed by atoms with van der Waals surface area (Å²) >= 11 is 1.47. The molecule has 132 valence electrons. The lowest BCUT2D eigenvalue weighted by atomic mass is 10.00. The Bertz CT molecular complexity index is 663. The number of hydrogen-bond acceptors (Lipinski definition) is 4. The van der Waals surface area contributed by atoms with Crippen molar-refractivity contribution in [3.05, 3.63) is 40.9 Å². The zero-order valence-electron chi connectivity index (χ0n) is 13.7. The lowest BCUT2D eigenvalue weighted by Crippen LogP contribution is -2.51. The van der Waals surface area contributed by atoms with E-state index >= 15 is 0 Å². The molecule has 1 aliphatic heterocycles. The minimum absolute atomic E-state index is 0. The maximum atomic E-state index is 12.6. The summed E-state index contributed by atoms with van der Waals surface area (Å²) in [6.07, 6.45) is 2.13. The molecular formula is C17H23Cl2N3OS. The van der Waals surface area contributed by atoms with Gasteiger partial charge < -0.3 is 10.6 Å². The second-order valence-electron chi connectivity index (χ2n) is 5.76. The van der Waals surface area contributed by atoms with E-state index in [1.165, 1.54) is 11.3 Å². The van der Waals surface area contributed by atoms with Crippen LogP contribution in [0.1, 0.15) is 35.1 Å². The van der Waals surface area contributed by atoms with Gasteiger partial charge in [-0.1, -0.05) is 30.3 Å².